The van der Waals surface area contributed by atoms with Crippen molar-refractivity contribution in [3.63, 3.8) is 0 Å². The Bertz CT molecular complexity index is 221. The van der Waals surface area contributed by atoms with Gasteiger partial charge in [-0.05, 0) is 18.8 Å². The van der Waals surface area contributed by atoms with E-state index in [2.05, 4.69) is 6.08 Å². The maximum Gasteiger partial charge on any atom is 0.107 e. The van der Waals surface area contributed by atoms with Crippen LogP contribution in [0.25, 0.3) is 0 Å². The lowest BCUT2D eigenvalue weighted by atomic mass is 9.85. The van der Waals surface area contributed by atoms with Crippen molar-refractivity contribution in [2.45, 2.75) is 50.4 Å². The van der Waals surface area contributed by atoms with Crippen LogP contribution in [-0.4, -0.2) is 35.1 Å². The predicted octanol–water partition coefficient (Wildman–Crippen LogP) is 1.24. The van der Waals surface area contributed by atoms with Crippen LogP contribution in [-0.2, 0) is 4.74 Å². The first kappa shape index (κ1) is 11.1. The minimum atomic E-state index is -0.769. The zero-order valence-electron chi connectivity index (χ0n) is 9.01. The van der Waals surface area contributed by atoms with Gasteiger partial charge in [0.05, 0.1) is 12.7 Å². The van der Waals surface area contributed by atoms with Crippen LogP contribution in [0, 0.1) is 5.92 Å². The largest absolute Gasteiger partial charge is 0.394 e. The molecular formula is C12H20O3. The molecule has 15 heavy (non-hydrogen) atoms. The second kappa shape index (κ2) is 5.10. The number of aliphatic hydroxyl groups excluding tert-OH is 2. The first-order chi connectivity index (χ1) is 7.31. The van der Waals surface area contributed by atoms with Crippen molar-refractivity contribution in [1.29, 1.82) is 0 Å². The Labute approximate surface area is 90.8 Å². The third kappa shape index (κ3) is 2.60. The SMILES string of the molecule is OCC(O)[C@H]1C=C[C@H](C2CCCCC2)O1. The highest BCUT2D eigenvalue weighted by atomic mass is 16.5. The van der Waals surface area contributed by atoms with E-state index >= 15 is 0 Å². The van der Waals surface area contributed by atoms with Gasteiger partial charge in [0.1, 0.15) is 12.2 Å². The Hall–Kier alpha value is -0.380. The van der Waals surface area contributed by atoms with Gasteiger partial charge in [0.2, 0.25) is 0 Å². The average molecular weight is 212 g/mol. The Kier molecular flexibility index (Phi) is 3.78. The molecule has 0 aromatic heterocycles. The lowest BCUT2D eigenvalue weighted by Crippen LogP contribution is -2.32. The summed E-state index contributed by atoms with van der Waals surface area (Å²) in [6, 6.07) is 0. The molecule has 1 fully saturated rings. The summed E-state index contributed by atoms with van der Waals surface area (Å²) in [5.41, 5.74) is 0. The number of rotatable bonds is 3. The summed E-state index contributed by atoms with van der Waals surface area (Å²) in [6.45, 7) is -0.230. The van der Waals surface area contributed by atoms with E-state index < -0.39 is 6.10 Å². The molecule has 1 heterocycles. The molecule has 86 valence electrons. The highest BCUT2D eigenvalue weighted by Gasteiger charge is 2.30. The highest BCUT2D eigenvalue weighted by Crippen LogP contribution is 2.32. The minimum Gasteiger partial charge on any atom is -0.394 e. The molecule has 0 aromatic rings. The van der Waals surface area contributed by atoms with Crippen LogP contribution in [0.5, 0.6) is 0 Å². The summed E-state index contributed by atoms with van der Waals surface area (Å²) in [5.74, 6) is 0.617. The molecule has 2 rings (SSSR count). The van der Waals surface area contributed by atoms with Gasteiger partial charge in [-0.2, -0.15) is 0 Å². The van der Waals surface area contributed by atoms with Crippen LogP contribution in [0.2, 0.25) is 0 Å². The van der Waals surface area contributed by atoms with Gasteiger partial charge in [0, 0.05) is 0 Å². The van der Waals surface area contributed by atoms with Gasteiger partial charge in [-0.15, -0.1) is 0 Å². The Balaban J connectivity index is 1.84. The lowest BCUT2D eigenvalue weighted by molar-refractivity contribution is -0.0602. The number of hydrogen-bond acceptors (Lipinski definition) is 3. The van der Waals surface area contributed by atoms with Crippen LogP contribution in [0.1, 0.15) is 32.1 Å². The molecule has 1 unspecified atom stereocenters. The molecule has 2 N–H and O–H groups in total. The lowest BCUT2D eigenvalue weighted by Gasteiger charge is -2.27. The molecule has 0 spiro atoms. The Morgan fingerprint density at radius 1 is 1.20 bits per heavy atom. The molecular weight excluding hydrogens is 192 g/mol. The fourth-order valence-corrected chi connectivity index (χ4v) is 2.54. The summed E-state index contributed by atoms with van der Waals surface area (Å²) in [6.07, 6.45) is 9.44. The summed E-state index contributed by atoms with van der Waals surface area (Å²) in [7, 11) is 0. The first-order valence-corrected chi connectivity index (χ1v) is 5.94. The zero-order valence-corrected chi connectivity index (χ0v) is 9.01. The van der Waals surface area contributed by atoms with Gasteiger partial charge < -0.3 is 14.9 Å². The number of ether oxygens (including phenoxy) is 1. The van der Waals surface area contributed by atoms with E-state index in [9.17, 15) is 5.11 Å². The summed E-state index contributed by atoms with van der Waals surface area (Å²) < 4.78 is 5.73. The van der Waals surface area contributed by atoms with Gasteiger partial charge in [-0.1, -0.05) is 31.4 Å². The van der Waals surface area contributed by atoms with Gasteiger partial charge in [-0.25, -0.2) is 0 Å². The van der Waals surface area contributed by atoms with Crippen molar-refractivity contribution in [2.75, 3.05) is 6.61 Å². The maximum atomic E-state index is 9.45. The monoisotopic (exact) mass is 212 g/mol. The molecule has 3 atom stereocenters. The highest BCUT2D eigenvalue weighted by molar-refractivity contribution is 5.06. The van der Waals surface area contributed by atoms with Gasteiger partial charge in [0.25, 0.3) is 0 Å². The van der Waals surface area contributed by atoms with Crippen LogP contribution < -0.4 is 0 Å². The van der Waals surface area contributed by atoms with E-state index in [1.165, 1.54) is 32.1 Å². The molecule has 0 saturated heterocycles. The fourth-order valence-electron chi connectivity index (χ4n) is 2.54. The quantitative estimate of drug-likeness (QED) is 0.692. The van der Waals surface area contributed by atoms with Gasteiger partial charge in [0.15, 0.2) is 0 Å². The van der Waals surface area contributed by atoms with E-state index in [-0.39, 0.29) is 18.8 Å². The third-order valence-electron chi connectivity index (χ3n) is 3.49. The van der Waals surface area contributed by atoms with Crippen molar-refractivity contribution in [3.05, 3.63) is 12.2 Å². The standard InChI is InChI=1S/C12H20O3/c13-8-10(14)12-7-6-11(15-12)9-4-2-1-3-5-9/h6-7,9-14H,1-5,8H2/t10?,11-,12-/m1/s1. The summed E-state index contributed by atoms with van der Waals surface area (Å²) in [4.78, 5) is 0. The van der Waals surface area contributed by atoms with Crippen molar-refractivity contribution in [2.24, 2.45) is 5.92 Å². The first-order valence-electron chi connectivity index (χ1n) is 5.94. The topological polar surface area (TPSA) is 49.7 Å². The third-order valence-corrected chi connectivity index (χ3v) is 3.49. The zero-order chi connectivity index (χ0) is 10.7. The van der Waals surface area contributed by atoms with Crippen LogP contribution in [0.15, 0.2) is 12.2 Å². The average Bonchev–Trinajstić information content (AvgIpc) is 2.78. The van der Waals surface area contributed by atoms with E-state index in [1.54, 1.807) is 0 Å². The molecule has 0 bridgehead atoms. The van der Waals surface area contributed by atoms with Crippen molar-refractivity contribution >= 4 is 0 Å². The van der Waals surface area contributed by atoms with E-state index in [0.717, 1.165) is 0 Å². The van der Waals surface area contributed by atoms with E-state index in [1.807, 2.05) is 6.08 Å². The molecule has 1 saturated carbocycles. The molecule has 3 nitrogen and oxygen atoms in total. The summed E-state index contributed by atoms with van der Waals surface area (Å²) >= 11 is 0. The fraction of sp³-hybridized carbons (Fsp3) is 0.833. The van der Waals surface area contributed by atoms with Crippen molar-refractivity contribution in [1.82, 2.24) is 0 Å². The second-order valence-corrected chi connectivity index (χ2v) is 4.60. The van der Waals surface area contributed by atoms with E-state index in [4.69, 9.17) is 9.84 Å². The van der Waals surface area contributed by atoms with Gasteiger partial charge in [-0.3, -0.25) is 0 Å². The molecule has 1 aliphatic heterocycles. The van der Waals surface area contributed by atoms with Crippen molar-refractivity contribution in [3.8, 4) is 0 Å². The molecule has 1 aliphatic carbocycles. The number of aliphatic hydroxyl groups is 2. The number of hydrogen-bond donors (Lipinski definition) is 2. The van der Waals surface area contributed by atoms with E-state index in [0.29, 0.717) is 5.92 Å². The molecule has 0 radical (unpaired) electrons. The molecule has 3 heteroatoms. The van der Waals surface area contributed by atoms with Crippen LogP contribution in [0.4, 0.5) is 0 Å². The molecule has 2 aliphatic rings. The van der Waals surface area contributed by atoms with Crippen LogP contribution >= 0.6 is 0 Å². The molecule has 0 aromatic carbocycles. The Morgan fingerprint density at radius 3 is 2.60 bits per heavy atom. The summed E-state index contributed by atoms with van der Waals surface area (Å²) in [5, 5.41) is 18.3. The Morgan fingerprint density at radius 2 is 1.93 bits per heavy atom. The predicted molar refractivity (Wildman–Crippen MR) is 57.5 cm³/mol. The molecule has 0 amide bonds. The van der Waals surface area contributed by atoms with Gasteiger partial charge >= 0.3 is 0 Å². The smallest absolute Gasteiger partial charge is 0.107 e. The second-order valence-electron chi connectivity index (χ2n) is 4.60. The maximum absolute atomic E-state index is 9.45. The van der Waals surface area contributed by atoms with Crippen molar-refractivity contribution < 1.29 is 14.9 Å². The van der Waals surface area contributed by atoms with Crippen LogP contribution in [0.3, 0.4) is 0 Å². The normalized spacial score (nSPS) is 34.5. The minimum absolute atomic E-state index is 0.163.